The Labute approximate surface area is 151 Å². The summed E-state index contributed by atoms with van der Waals surface area (Å²) in [5, 5.41) is 13.0. The number of ether oxygens (including phenoxy) is 1. The molecule has 2 aromatic rings. The number of halogens is 3. The molecule has 3 rings (SSSR count). The number of amides is 1. The molecule has 1 aliphatic rings. The Bertz CT molecular complexity index is 842. The summed E-state index contributed by atoms with van der Waals surface area (Å²) < 4.78 is 43.1. The van der Waals surface area contributed by atoms with Crippen molar-refractivity contribution in [2.24, 2.45) is 0 Å². The number of benzene rings is 1. The number of para-hydroxylation sites is 1. The number of carboxylic acids is 1. The van der Waals surface area contributed by atoms with Crippen LogP contribution in [-0.4, -0.2) is 51.1 Å². The van der Waals surface area contributed by atoms with Gasteiger partial charge in [0.15, 0.2) is 0 Å². The van der Waals surface area contributed by atoms with E-state index in [0.717, 1.165) is 6.07 Å². The molecule has 0 saturated carbocycles. The lowest BCUT2D eigenvalue weighted by molar-refractivity contribution is -0.274. The molecule has 0 aliphatic carbocycles. The molecule has 0 bridgehead atoms. The smallest absolute Gasteiger partial charge is 0.478 e. The second-order valence-corrected chi connectivity index (χ2v) is 6.08. The van der Waals surface area contributed by atoms with E-state index in [9.17, 15) is 22.8 Å². The fraction of sp³-hybridized carbons (Fsp3) is 0.353. The molecule has 1 saturated heterocycles. The first-order chi connectivity index (χ1) is 12.7. The minimum atomic E-state index is -4.88. The van der Waals surface area contributed by atoms with Gasteiger partial charge in [-0.1, -0.05) is 12.1 Å². The molecule has 1 amide bonds. The number of hydrogen-bond donors (Lipinski definition) is 1. The molecular weight excluding hydrogens is 367 g/mol. The molecule has 27 heavy (non-hydrogen) atoms. The molecule has 2 heterocycles. The summed E-state index contributed by atoms with van der Waals surface area (Å²) in [5.41, 5.74) is -0.0766. The number of aromatic nitrogens is 2. The highest BCUT2D eigenvalue weighted by Gasteiger charge is 2.34. The number of likely N-dealkylation sites (tertiary alicyclic amines) is 1. The van der Waals surface area contributed by atoms with Gasteiger partial charge in [0.1, 0.15) is 5.75 Å². The molecular formula is C17H16F3N3O4. The highest BCUT2D eigenvalue weighted by molar-refractivity contribution is 5.97. The number of piperidine rings is 1. The predicted octanol–water partition coefficient (Wildman–Crippen LogP) is 2.96. The second-order valence-electron chi connectivity index (χ2n) is 6.08. The van der Waals surface area contributed by atoms with Crippen LogP contribution in [0.25, 0.3) is 0 Å². The molecule has 1 aliphatic heterocycles. The standard InChI is InChI=1S/C17H16F3N3O4/c18-17(19,20)27-14-4-2-1-3-13(14)15(24)22-7-5-12(6-8-22)23-10-11(9-21-23)16(25)26/h1-4,9-10,12H,5-8H2,(H,25,26). The Morgan fingerprint density at radius 3 is 2.44 bits per heavy atom. The Hall–Kier alpha value is -3.04. The monoisotopic (exact) mass is 383 g/mol. The lowest BCUT2D eigenvalue weighted by Gasteiger charge is -2.32. The first-order valence-corrected chi connectivity index (χ1v) is 8.16. The van der Waals surface area contributed by atoms with E-state index in [0.29, 0.717) is 25.9 Å². The Morgan fingerprint density at radius 1 is 1.19 bits per heavy atom. The van der Waals surface area contributed by atoms with Crippen LogP contribution < -0.4 is 4.74 Å². The average molecular weight is 383 g/mol. The maximum Gasteiger partial charge on any atom is 0.573 e. The molecule has 1 N–H and O–H groups in total. The second kappa shape index (κ2) is 7.29. The number of alkyl halides is 3. The fourth-order valence-electron chi connectivity index (χ4n) is 3.01. The Balaban J connectivity index is 1.67. The molecule has 0 spiro atoms. The summed E-state index contributed by atoms with van der Waals surface area (Å²) in [4.78, 5) is 25.0. The molecule has 0 radical (unpaired) electrons. The predicted molar refractivity (Wildman–Crippen MR) is 86.5 cm³/mol. The molecule has 1 aromatic carbocycles. The average Bonchev–Trinajstić information content (AvgIpc) is 3.11. The number of carboxylic acid groups (broad SMARTS) is 1. The van der Waals surface area contributed by atoms with Gasteiger partial charge in [0.2, 0.25) is 0 Å². The van der Waals surface area contributed by atoms with Crippen LogP contribution in [0, 0.1) is 0 Å². The van der Waals surface area contributed by atoms with Crippen LogP contribution in [0.2, 0.25) is 0 Å². The van der Waals surface area contributed by atoms with Crippen molar-refractivity contribution in [2.75, 3.05) is 13.1 Å². The van der Waals surface area contributed by atoms with Crippen LogP contribution in [0.15, 0.2) is 36.7 Å². The summed E-state index contributed by atoms with van der Waals surface area (Å²) in [7, 11) is 0. The summed E-state index contributed by atoms with van der Waals surface area (Å²) in [5.74, 6) is -2.15. The van der Waals surface area contributed by atoms with Gasteiger partial charge in [-0.15, -0.1) is 13.2 Å². The van der Waals surface area contributed by atoms with Gasteiger partial charge < -0.3 is 14.7 Å². The maximum absolute atomic E-state index is 12.6. The summed E-state index contributed by atoms with van der Waals surface area (Å²) in [6, 6.07) is 5.15. The molecule has 1 aromatic heterocycles. The van der Waals surface area contributed by atoms with Gasteiger partial charge in [0.25, 0.3) is 5.91 Å². The van der Waals surface area contributed by atoms with Crippen molar-refractivity contribution in [3.05, 3.63) is 47.8 Å². The normalized spacial score (nSPS) is 15.6. The van der Waals surface area contributed by atoms with Gasteiger partial charge in [0.05, 0.1) is 23.4 Å². The zero-order valence-corrected chi connectivity index (χ0v) is 14.0. The van der Waals surface area contributed by atoms with E-state index in [1.165, 1.54) is 35.5 Å². The van der Waals surface area contributed by atoms with Crippen molar-refractivity contribution in [2.45, 2.75) is 25.2 Å². The Morgan fingerprint density at radius 2 is 1.85 bits per heavy atom. The summed E-state index contributed by atoms with van der Waals surface area (Å²) in [6.07, 6.45) is -1.18. The molecule has 144 valence electrons. The van der Waals surface area contributed by atoms with Crippen LogP contribution in [-0.2, 0) is 0 Å². The lowest BCUT2D eigenvalue weighted by atomic mass is 10.0. The largest absolute Gasteiger partial charge is 0.573 e. The van der Waals surface area contributed by atoms with Crippen molar-refractivity contribution in [1.29, 1.82) is 0 Å². The van der Waals surface area contributed by atoms with Crippen LogP contribution in [0.3, 0.4) is 0 Å². The van der Waals surface area contributed by atoms with E-state index in [1.54, 1.807) is 4.68 Å². The number of carbonyl (C=O) groups is 2. The fourth-order valence-corrected chi connectivity index (χ4v) is 3.01. The zero-order valence-electron chi connectivity index (χ0n) is 14.0. The van der Waals surface area contributed by atoms with Crippen LogP contribution in [0.4, 0.5) is 13.2 Å². The van der Waals surface area contributed by atoms with Crippen molar-refractivity contribution in [1.82, 2.24) is 14.7 Å². The van der Waals surface area contributed by atoms with Crippen LogP contribution >= 0.6 is 0 Å². The number of carbonyl (C=O) groups excluding carboxylic acids is 1. The first kappa shape index (κ1) is 18.7. The van der Waals surface area contributed by atoms with Gasteiger partial charge in [-0.3, -0.25) is 9.48 Å². The van der Waals surface area contributed by atoms with E-state index < -0.39 is 24.0 Å². The van der Waals surface area contributed by atoms with Crippen molar-refractivity contribution < 1.29 is 32.6 Å². The van der Waals surface area contributed by atoms with Crippen LogP contribution in [0.5, 0.6) is 5.75 Å². The molecule has 0 unspecified atom stereocenters. The number of nitrogens with zero attached hydrogens (tertiary/aromatic N) is 3. The number of hydrogen-bond acceptors (Lipinski definition) is 4. The Kier molecular flexibility index (Phi) is 5.06. The maximum atomic E-state index is 12.6. The van der Waals surface area contributed by atoms with Gasteiger partial charge >= 0.3 is 12.3 Å². The van der Waals surface area contributed by atoms with Crippen molar-refractivity contribution in [3.8, 4) is 5.75 Å². The highest BCUT2D eigenvalue weighted by atomic mass is 19.4. The van der Waals surface area contributed by atoms with Crippen LogP contribution in [0.1, 0.15) is 39.6 Å². The van der Waals surface area contributed by atoms with Crippen molar-refractivity contribution >= 4 is 11.9 Å². The van der Waals surface area contributed by atoms with E-state index in [4.69, 9.17) is 5.11 Å². The molecule has 7 nitrogen and oxygen atoms in total. The minimum Gasteiger partial charge on any atom is -0.478 e. The van der Waals surface area contributed by atoms with E-state index in [2.05, 4.69) is 9.84 Å². The molecule has 10 heteroatoms. The quantitative estimate of drug-likeness (QED) is 0.878. The summed E-state index contributed by atoms with van der Waals surface area (Å²) in [6.45, 7) is 0.623. The third-order valence-electron chi connectivity index (χ3n) is 4.32. The van der Waals surface area contributed by atoms with Crippen molar-refractivity contribution in [3.63, 3.8) is 0 Å². The first-order valence-electron chi connectivity index (χ1n) is 8.16. The van der Waals surface area contributed by atoms with Gasteiger partial charge in [0, 0.05) is 19.3 Å². The third kappa shape index (κ3) is 4.39. The van der Waals surface area contributed by atoms with E-state index in [1.807, 2.05) is 0 Å². The van der Waals surface area contributed by atoms with Gasteiger partial charge in [-0.05, 0) is 25.0 Å². The summed E-state index contributed by atoms with van der Waals surface area (Å²) >= 11 is 0. The third-order valence-corrected chi connectivity index (χ3v) is 4.32. The van der Waals surface area contributed by atoms with E-state index in [-0.39, 0.29) is 17.2 Å². The number of aromatic carboxylic acids is 1. The number of rotatable bonds is 4. The lowest BCUT2D eigenvalue weighted by Crippen LogP contribution is -2.39. The zero-order chi connectivity index (χ0) is 19.6. The topological polar surface area (TPSA) is 84.7 Å². The molecule has 0 atom stereocenters. The SMILES string of the molecule is O=C(O)c1cnn(C2CCN(C(=O)c3ccccc3OC(F)(F)F)CC2)c1. The minimum absolute atomic E-state index is 0.0757. The highest BCUT2D eigenvalue weighted by Crippen LogP contribution is 2.29. The molecule has 1 fully saturated rings. The van der Waals surface area contributed by atoms with E-state index >= 15 is 0 Å². The van der Waals surface area contributed by atoms with Gasteiger partial charge in [-0.25, -0.2) is 4.79 Å². The van der Waals surface area contributed by atoms with Gasteiger partial charge in [-0.2, -0.15) is 5.10 Å².